The average Bonchev–Trinajstić information content (AvgIpc) is 4.03. The van der Waals surface area contributed by atoms with Crippen LogP contribution in [0.5, 0.6) is 0 Å². The Bertz CT molecular complexity index is 3460. The van der Waals surface area contributed by atoms with Gasteiger partial charge in [0.15, 0.2) is 43.0 Å². The fourth-order valence-electron chi connectivity index (χ4n) is 11.4. The van der Waals surface area contributed by atoms with Gasteiger partial charge in [0.1, 0.15) is 0 Å². The predicted octanol–water partition coefficient (Wildman–Crippen LogP) is 6.87. The molecule has 6 heterocycles. The van der Waals surface area contributed by atoms with Gasteiger partial charge in [-0.2, -0.15) is 0 Å². The van der Waals surface area contributed by atoms with Gasteiger partial charge in [-0.1, -0.05) is 109 Å². The van der Waals surface area contributed by atoms with Crippen LogP contribution in [0.25, 0.3) is 11.1 Å². The molecule has 0 spiro atoms. The third-order valence-corrected chi connectivity index (χ3v) is 19.0. The van der Waals surface area contributed by atoms with E-state index in [2.05, 4.69) is 4.90 Å². The van der Waals surface area contributed by atoms with Gasteiger partial charge < -0.3 is 28.7 Å². The Balaban J connectivity index is 0.781. The third kappa shape index (κ3) is 9.31. The molecule has 0 saturated carbocycles. The number of fused-ring (bicyclic) bond motifs is 6. The smallest absolute Gasteiger partial charge is 0.256 e. The van der Waals surface area contributed by atoms with Crippen LogP contribution in [0, 0.1) is 5.92 Å². The van der Waals surface area contributed by atoms with E-state index in [1.165, 1.54) is 0 Å². The number of hydrogen-bond acceptors (Lipinski definition) is 13. The molecule has 0 N–H and O–H groups in total. The number of nitrogens with zero attached hydrogens (tertiary/aromatic N) is 5. The van der Waals surface area contributed by atoms with E-state index in [1.54, 1.807) is 64.4 Å². The summed E-state index contributed by atoms with van der Waals surface area (Å²) in [6.07, 6.45) is -1.11. The zero-order valence-electron chi connectivity index (χ0n) is 41.8. The fraction of sp³-hybridized carbons (Fsp3) is 0.322. The highest BCUT2D eigenvalue weighted by molar-refractivity contribution is 7.91. The molecular formula is C59H57N5O10S2. The molecule has 6 aliphatic rings. The van der Waals surface area contributed by atoms with Crippen molar-refractivity contribution < 1.29 is 45.4 Å². The molecule has 6 aromatic rings. The number of benzene rings is 6. The molecule has 0 radical (unpaired) electrons. The Morgan fingerprint density at radius 3 is 1.50 bits per heavy atom. The number of ether oxygens (including phenoxy) is 4. The van der Waals surface area contributed by atoms with Crippen LogP contribution in [0.3, 0.4) is 0 Å². The van der Waals surface area contributed by atoms with Crippen molar-refractivity contribution in [3.63, 3.8) is 0 Å². The number of morpholine rings is 1. The Labute approximate surface area is 442 Å². The molecule has 0 aliphatic carbocycles. The summed E-state index contributed by atoms with van der Waals surface area (Å²) in [7, 11) is -7.57. The van der Waals surface area contributed by atoms with Crippen LogP contribution in [0.1, 0.15) is 52.0 Å². The van der Waals surface area contributed by atoms with Crippen LogP contribution < -0.4 is 0 Å². The maximum Gasteiger partial charge on any atom is 0.256 e. The van der Waals surface area contributed by atoms with Gasteiger partial charge in [-0.05, 0) is 77.2 Å². The van der Waals surface area contributed by atoms with Crippen molar-refractivity contribution in [2.75, 3.05) is 70.7 Å². The molecule has 390 valence electrons. The van der Waals surface area contributed by atoms with E-state index < -0.39 is 43.0 Å². The summed E-state index contributed by atoms with van der Waals surface area (Å²) in [5.74, 6) is -0.387. The number of carbonyl (C=O) groups excluding carboxylic acids is 2. The summed E-state index contributed by atoms with van der Waals surface area (Å²) in [4.78, 5) is 46.4. The molecule has 2 saturated heterocycles. The lowest BCUT2D eigenvalue weighted by molar-refractivity contribution is -0.143. The molecule has 15 nitrogen and oxygen atoms in total. The number of aliphatic imine (C=N–C) groups is 2. The summed E-state index contributed by atoms with van der Waals surface area (Å²) in [6, 6.07) is 47.6. The maximum atomic E-state index is 15.2. The summed E-state index contributed by atoms with van der Waals surface area (Å²) in [5.41, 5.74) is 3.70. The Kier molecular flexibility index (Phi) is 13.2. The SMILES string of the molecule is O=C1N(CCS(=O)(=O)c2ccccc2)Cc2ccccc2[C@@H]2OC(c3ccc(-c4ccc(S(=O)(=O)CCN5Cc6ccccc6[C@@H]6OC(c7ccccc7)=N[C@]6(CN6CCOCC6)C5=O)cc4)cc3)=N[C@]12CC1COC1. The van der Waals surface area contributed by atoms with Crippen LogP contribution in [-0.2, 0) is 61.3 Å². The first-order chi connectivity index (χ1) is 36.9. The van der Waals surface area contributed by atoms with Gasteiger partial charge in [-0.15, -0.1) is 0 Å². The van der Waals surface area contributed by atoms with E-state index in [9.17, 15) is 16.8 Å². The first-order valence-electron chi connectivity index (χ1n) is 25.8. The second-order valence-corrected chi connectivity index (χ2v) is 24.7. The lowest BCUT2D eigenvalue weighted by Crippen LogP contribution is -2.56. The lowest BCUT2D eigenvalue weighted by Gasteiger charge is -2.37. The second kappa shape index (κ2) is 20.2. The number of carbonyl (C=O) groups is 2. The minimum absolute atomic E-state index is 0.0226. The van der Waals surface area contributed by atoms with E-state index in [-0.39, 0.29) is 71.8 Å². The molecule has 4 atom stereocenters. The Hall–Kier alpha value is -7.02. The summed E-state index contributed by atoms with van der Waals surface area (Å²) < 4.78 is 80.1. The first kappa shape index (κ1) is 49.8. The first-order valence-corrected chi connectivity index (χ1v) is 29.1. The van der Waals surface area contributed by atoms with Crippen LogP contribution in [0.4, 0.5) is 0 Å². The van der Waals surface area contributed by atoms with Crippen molar-refractivity contribution in [1.82, 2.24) is 14.7 Å². The maximum absolute atomic E-state index is 15.2. The molecule has 0 aromatic heterocycles. The van der Waals surface area contributed by atoms with Gasteiger partial charge in [0.2, 0.25) is 11.8 Å². The number of sulfone groups is 2. The van der Waals surface area contributed by atoms with Crippen LogP contribution >= 0.6 is 0 Å². The largest absolute Gasteiger partial charge is 0.466 e. The molecule has 2 amide bonds. The van der Waals surface area contributed by atoms with Crippen molar-refractivity contribution in [2.24, 2.45) is 15.9 Å². The highest BCUT2D eigenvalue weighted by Gasteiger charge is 2.59. The van der Waals surface area contributed by atoms with Crippen LogP contribution in [0.2, 0.25) is 0 Å². The zero-order chi connectivity index (χ0) is 52.1. The number of rotatable bonds is 15. The number of amides is 2. The van der Waals surface area contributed by atoms with Crippen molar-refractivity contribution in [3.8, 4) is 11.1 Å². The highest BCUT2D eigenvalue weighted by atomic mass is 32.2. The molecule has 6 aromatic carbocycles. The van der Waals surface area contributed by atoms with E-state index in [0.717, 1.165) is 38.9 Å². The molecular weight excluding hydrogens is 1000 g/mol. The topological polar surface area (TPSA) is 174 Å². The molecule has 2 fully saturated rings. The fourth-order valence-corrected chi connectivity index (χ4v) is 14.0. The minimum atomic E-state index is -3.88. The van der Waals surface area contributed by atoms with Crippen LogP contribution in [-0.4, -0.2) is 137 Å². The molecule has 0 bridgehead atoms. The van der Waals surface area contributed by atoms with Gasteiger partial charge in [-0.25, -0.2) is 26.8 Å². The lowest BCUT2D eigenvalue weighted by atomic mass is 9.79. The standard InChI is InChI=1S/C59H57N5O10S2/c65-56-58(35-41-38-72-39-41)52(50-17-9-7-13-46(50)36-63(56)29-33-75(67,68)48-15-5-2-6-16-48)73-55(60-58)45-21-19-42(20-22-45)43-23-25-49(26-24-43)76(69,70)34-30-64-37-47-14-8-10-18-51(47)53-59(57(64)66,40-62-27-31-71-32-28-62)61-54(74-53)44-11-3-1-4-12-44/h1-26,41,52-53H,27-40H2/t52-,53-,58-,59-/m0/s1. The van der Waals surface area contributed by atoms with Gasteiger partial charge >= 0.3 is 0 Å². The third-order valence-electron chi connectivity index (χ3n) is 15.6. The van der Waals surface area contributed by atoms with Crippen LogP contribution in [0.15, 0.2) is 178 Å². The summed E-state index contributed by atoms with van der Waals surface area (Å²) >= 11 is 0. The quantitative estimate of drug-likeness (QED) is 0.105. The number of hydrogen-bond donors (Lipinski definition) is 0. The Morgan fingerprint density at radius 1 is 0.500 bits per heavy atom. The van der Waals surface area contributed by atoms with Crippen molar-refractivity contribution in [1.29, 1.82) is 0 Å². The molecule has 76 heavy (non-hydrogen) atoms. The predicted molar refractivity (Wildman–Crippen MR) is 285 cm³/mol. The van der Waals surface area contributed by atoms with E-state index >= 15 is 9.59 Å². The molecule has 17 heteroatoms. The van der Waals surface area contributed by atoms with Gasteiger partial charge in [0, 0.05) is 74.0 Å². The second-order valence-electron chi connectivity index (χ2n) is 20.4. The van der Waals surface area contributed by atoms with Crippen molar-refractivity contribution in [2.45, 2.75) is 52.6 Å². The van der Waals surface area contributed by atoms with Crippen molar-refractivity contribution >= 4 is 43.3 Å². The van der Waals surface area contributed by atoms with E-state index in [1.807, 2.05) is 103 Å². The zero-order valence-corrected chi connectivity index (χ0v) is 43.4. The summed E-state index contributed by atoms with van der Waals surface area (Å²) in [5, 5.41) is 0. The van der Waals surface area contributed by atoms with Gasteiger partial charge in [0.25, 0.3) is 11.8 Å². The summed E-state index contributed by atoms with van der Waals surface area (Å²) in [6.45, 7) is 3.91. The Morgan fingerprint density at radius 2 is 0.947 bits per heavy atom. The normalized spacial score (nSPS) is 23.6. The highest BCUT2D eigenvalue weighted by Crippen LogP contribution is 2.49. The van der Waals surface area contributed by atoms with E-state index in [0.29, 0.717) is 63.3 Å². The monoisotopic (exact) mass is 1060 g/mol. The van der Waals surface area contributed by atoms with Crippen molar-refractivity contribution in [3.05, 3.63) is 191 Å². The minimum Gasteiger partial charge on any atom is -0.466 e. The molecule has 0 unspecified atom stereocenters. The van der Waals surface area contributed by atoms with Gasteiger partial charge in [-0.3, -0.25) is 14.5 Å². The van der Waals surface area contributed by atoms with Gasteiger partial charge in [0.05, 0.1) is 47.7 Å². The average molecular weight is 1060 g/mol. The molecule has 6 aliphatic heterocycles. The molecule has 12 rings (SSSR count). The van der Waals surface area contributed by atoms with E-state index in [4.69, 9.17) is 28.9 Å².